The molecule has 144 valence electrons. The van der Waals surface area contributed by atoms with Crippen molar-refractivity contribution in [2.45, 2.75) is 19.8 Å². The molecule has 0 aromatic heterocycles. The number of hydrogen-bond donors (Lipinski definition) is 1. The molecule has 0 aliphatic rings. The zero-order chi connectivity index (χ0) is 19.7. The van der Waals surface area contributed by atoms with Crippen molar-refractivity contribution in [3.63, 3.8) is 0 Å². The van der Waals surface area contributed by atoms with E-state index in [1.807, 2.05) is 49.4 Å². The molecular formula is C20H23NO5S. The van der Waals surface area contributed by atoms with E-state index in [-0.39, 0.29) is 5.75 Å². The Kier molecular flexibility index (Phi) is 7.55. The molecule has 0 atom stereocenters. The largest absolute Gasteiger partial charge is 0.455 e. The van der Waals surface area contributed by atoms with Crippen LogP contribution in [-0.2, 0) is 30.6 Å². The highest BCUT2D eigenvalue weighted by Gasteiger charge is 2.18. The van der Waals surface area contributed by atoms with Crippen LogP contribution >= 0.6 is 0 Å². The molecule has 0 heterocycles. The van der Waals surface area contributed by atoms with Crippen LogP contribution in [-0.4, -0.2) is 38.4 Å². The molecular weight excluding hydrogens is 366 g/mol. The predicted molar refractivity (Wildman–Crippen MR) is 104 cm³/mol. The number of nitrogens with one attached hydrogen (secondary N) is 1. The lowest BCUT2D eigenvalue weighted by atomic mass is 10.1. The molecule has 27 heavy (non-hydrogen) atoms. The summed E-state index contributed by atoms with van der Waals surface area (Å²) in [7, 11) is -3.57. The molecule has 2 aromatic rings. The molecule has 0 bridgehead atoms. The monoisotopic (exact) mass is 389 g/mol. The van der Waals surface area contributed by atoms with Gasteiger partial charge in [0, 0.05) is 5.69 Å². The highest BCUT2D eigenvalue weighted by atomic mass is 32.2. The number of carbonyl (C=O) groups excluding carboxylic acids is 2. The van der Waals surface area contributed by atoms with Gasteiger partial charge < -0.3 is 10.1 Å². The van der Waals surface area contributed by atoms with Crippen molar-refractivity contribution in [3.8, 4) is 0 Å². The average Bonchev–Trinajstić information content (AvgIpc) is 2.62. The van der Waals surface area contributed by atoms with Crippen molar-refractivity contribution in [1.29, 1.82) is 0 Å². The summed E-state index contributed by atoms with van der Waals surface area (Å²) in [6.07, 6.45) is 1.04. The summed E-state index contributed by atoms with van der Waals surface area (Å²) >= 11 is 0. The first-order valence-electron chi connectivity index (χ1n) is 8.60. The number of amides is 1. The van der Waals surface area contributed by atoms with Gasteiger partial charge in [0.25, 0.3) is 5.91 Å². The SMILES string of the molecule is Cc1ccc(NC(=O)COC(=O)CS(=O)(=O)CCCc2ccccc2)cc1. The second kappa shape index (κ2) is 9.87. The Labute approximate surface area is 159 Å². The van der Waals surface area contributed by atoms with Crippen LogP contribution in [0.2, 0.25) is 0 Å². The number of ether oxygens (including phenoxy) is 1. The summed E-state index contributed by atoms with van der Waals surface area (Å²) in [5.41, 5.74) is 2.68. The number of anilines is 1. The zero-order valence-corrected chi connectivity index (χ0v) is 16.0. The van der Waals surface area contributed by atoms with E-state index < -0.39 is 34.1 Å². The van der Waals surface area contributed by atoms with Crippen LogP contribution in [0.15, 0.2) is 54.6 Å². The number of sulfone groups is 1. The standard InChI is InChI=1S/C20H23NO5S/c1-16-9-11-18(12-10-16)21-19(22)14-26-20(23)15-27(24,25)13-5-8-17-6-3-2-4-7-17/h2-4,6-7,9-12H,5,8,13-15H2,1H3,(H,21,22). The molecule has 0 unspecified atom stereocenters. The van der Waals surface area contributed by atoms with E-state index in [1.54, 1.807) is 12.1 Å². The van der Waals surface area contributed by atoms with Gasteiger partial charge in [0.15, 0.2) is 16.4 Å². The first-order chi connectivity index (χ1) is 12.8. The molecule has 0 radical (unpaired) electrons. The second-order valence-corrected chi connectivity index (χ2v) is 8.44. The van der Waals surface area contributed by atoms with Crippen LogP contribution in [0.1, 0.15) is 17.5 Å². The van der Waals surface area contributed by atoms with Crippen LogP contribution in [0.25, 0.3) is 0 Å². The first-order valence-corrected chi connectivity index (χ1v) is 10.4. The molecule has 7 heteroatoms. The molecule has 2 rings (SSSR count). The molecule has 0 fully saturated rings. The summed E-state index contributed by atoms with van der Waals surface area (Å²) in [6, 6.07) is 16.7. The van der Waals surface area contributed by atoms with E-state index in [0.717, 1.165) is 11.1 Å². The Bertz CT molecular complexity index is 861. The third-order valence-electron chi connectivity index (χ3n) is 3.80. The van der Waals surface area contributed by atoms with E-state index in [4.69, 9.17) is 4.74 Å². The lowest BCUT2D eigenvalue weighted by Crippen LogP contribution is -2.26. The van der Waals surface area contributed by atoms with Gasteiger partial charge in [-0.05, 0) is 37.5 Å². The quantitative estimate of drug-likeness (QED) is 0.666. The summed E-state index contributed by atoms with van der Waals surface area (Å²) in [6.45, 7) is 1.40. The van der Waals surface area contributed by atoms with E-state index in [0.29, 0.717) is 18.5 Å². The minimum Gasteiger partial charge on any atom is -0.455 e. The molecule has 2 aromatic carbocycles. The third-order valence-corrected chi connectivity index (χ3v) is 5.39. The number of hydrogen-bond acceptors (Lipinski definition) is 5. The summed E-state index contributed by atoms with van der Waals surface area (Å²) < 4.78 is 28.8. The molecule has 6 nitrogen and oxygen atoms in total. The molecule has 0 aliphatic heterocycles. The Balaban J connectivity index is 1.70. The fourth-order valence-electron chi connectivity index (χ4n) is 2.41. The first kappa shape index (κ1) is 20.6. The Hall–Kier alpha value is -2.67. The van der Waals surface area contributed by atoms with Gasteiger partial charge in [-0.15, -0.1) is 0 Å². The van der Waals surface area contributed by atoms with Crippen LogP contribution in [0.4, 0.5) is 5.69 Å². The van der Waals surface area contributed by atoms with Gasteiger partial charge in [0.05, 0.1) is 5.75 Å². The van der Waals surface area contributed by atoms with Crippen molar-refractivity contribution < 1.29 is 22.7 Å². The zero-order valence-electron chi connectivity index (χ0n) is 15.2. The molecule has 0 saturated carbocycles. The number of esters is 1. The van der Waals surface area contributed by atoms with Gasteiger partial charge in [-0.1, -0.05) is 48.0 Å². The lowest BCUT2D eigenvalue weighted by molar-refractivity contribution is -0.144. The van der Waals surface area contributed by atoms with Crippen molar-refractivity contribution >= 4 is 27.4 Å². The van der Waals surface area contributed by atoms with Gasteiger partial charge in [0.2, 0.25) is 0 Å². The number of benzene rings is 2. The van der Waals surface area contributed by atoms with Crippen LogP contribution in [0, 0.1) is 6.92 Å². The van der Waals surface area contributed by atoms with Crippen LogP contribution in [0.5, 0.6) is 0 Å². The van der Waals surface area contributed by atoms with Crippen molar-refractivity contribution in [3.05, 3.63) is 65.7 Å². The molecule has 0 aliphatic carbocycles. The minimum absolute atomic E-state index is 0.105. The Morgan fingerprint density at radius 1 is 1.00 bits per heavy atom. The van der Waals surface area contributed by atoms with Crippen molar-refractivity contribution in [2.24, 2.45) is 0 Å². The van der Waals surface area contributed by atoms with Gasteiger partial charge >= 0.3 is 5.97 Å². The maximum Gasteiger partial charge on any atom is 0.321 e. The molecule has 1 N–H and O–H groups in total. The highest BCUT2D eigenvalue weighted by Crippen LogP contribution is 2.08. The smallest absolute Gasteiger partial charge is 0.321 e. The van der Waals surface area contributed by atoms with E-state index >= 15 is 0 Å². The Morgan fingerprint density at radius 3 is 2.33 bits per heavy atom. The van der Waals surface area contributed by atoms with Gasteiger partial charge in [0.1, 0.15) is 5.75 Å². The predicted octanol–water partition coefficient (Wildman–Crippen LogP) is 2.52. The number of carbonyl (C=O) groups is 2. The van der Waals surface area contributed by atoms with Gasteiger partial charge in [-0.2, -0.15) is 0 Å². The number of aryl methyl sites for hydroxylation is 2. The summed E-state index contributed by atoms with van der Waals surface area (Å²) in [5, 5.41) is 2.57. The molecule has 0 saturated heterocycles. The van der Waals surface area contributed by atoms with Crippen LogP contribution < -0.4 is 5.32 Å². The Morgan fingerprint density at radius 2 is 1.67 bits per heavy atom. The molecule has 1 amide bonds. The summed E-state index contributed by atoms with van der Waals surface area (Å²) in [4.78, 5) is 23.5. The van der Waals surface area contributed by atoms with E-state index in [1.165, 1.54) is 0 Å². The highest BCUT2D eigenvalue weighted by molar-refractivity contribution is 7.92. The minimum atomic E-state index is -3.57. The topological polar surface area (TPSA) is 89.5 Å². The van der Waals surface area contributed by atoms with Crippen LogP contribution in [0.3, 0.4) is 0 Å². The normalized spacial score (nSPS) is 11.0. The fraction of sp³-hybridized carbons (Fsp3) is 0.300. The van der Waals surface area contributed by atoms with E-state index in [2.05, 4.69) is 5.32 Å². The maximum atomic E-state index is 12.0. The third kappa shape index (κ3) is 8.04. The van der Waals surface area contributed by atoms with Gasteiger partial charge in [-0.3, -0.25) is 9.59 Å². The van der Waals surface area contributed by atoms with Crippen molar-refractivity contribution in [1.82, 2.24) is 0 Å². The molecule has 0 spiro atoms. The van der Waals surface area contributed by atoms with E-state index in [9.17, 15) is 18.0 Å². The summed E-state index contributed by atoms with van der Waals surface area (Å²) in [5.74, 6) is -2.27. The van der Waals surface area contributed by atoms with Gasteiger partial charge in [-0.25, -0.2) is 8.42 Å². The lowest BCUT2D eigenvalue weighted by Gasteiger charge is -2.08. The van der Waals surface area contributed by atoms with Crippen molar-refractivity contribution in [2.75, 3.05) is 23.4 Å². The maximum absolute atomic E-state index is 12.0. The average molecular weight is 389 g/mol. The fourth-order valence-corrected chi connectivity index (χ4v) is 3.59. The second-order valence-electron chi connectivity index (χ2n) is 6.26. The number of rotatable bonds is 9.